The van der Waals surface area contributed by atoms with Crippen LogP contribution in [0.5, 0.6) is 6.01 Å². The highest BCUT2D eigenvalue weighted by Crippen LogP contribution is 2.35. The quantitative estimate of drug-likeness (QED) is 0.412. The van der Waals surface area contributed by atoms with Gasteiger partial charge in [-0.2, -0.15) is 14.6 Å². The van der Waals surface area contributed by atoms with E-state index in [-0.39, 0.29) is 35.1 Å². The van der Waals surface area contributed by atoms with Crippen LogP contribution < -0.4 is 10.4 Å². The molecule has 0 saturated carbocycles. The lowest BCUT2D eigenvalue weighted by Gasteiger charge is -2.06. The lowest BCUT2D eigenvalue weighted by atomic mass is 10.0. The molecule has 30 heavy (non-hydrogen) atoms. The van der Waals surface area contributed by atoms with Gasteiger partial charge in [0.1, 0.15) is 5.69 Å². The second-order valence-corrected chi connectivity index (χ2v) is 6.24. The molecule has 0 fully saturated rings. The molecule has 3 heterocycles. The molecule has 10 heteroatoms. The van der Waals surface area contributed by atoms with Crippen molar-refractivity contribution in [3.8, 4) is 40.7 Å². The first-order valence-electron chi connectivity index (χ1n) is 8.56. The number of aromatic nitrogens is 5. The number of nitrogens with one attached hydrogen (secondary N) is 1. The Morgan fingerprint density at radius 3 is 2.57 bits per heavy atom. The van der Waals surface area contributed by atoms with Crippen molar-refractivity contribution in [2.24, 2.45) is 0 Å². The molecule has 0 aliphatic rings. The van der Waals surface area contributed by atoms with Gasteiger partial charge in [0.15, 0.2) is 29.7 Å². The summed E-state index contributed by atoms with van der Waals surface area (Å²) in [6.07, 6.45) is 6.64. The summed E-state index contributed by atoms with van der Waals surface area (Å²) in [6, 6.07) is 4.77. The molecule has 0 radical (unpaired) electrons. The summed E-state index contributed by atoms with van der Waals surface area (Å²) in [5.41, 5.74) is 0.586. The Labute approximate surface area is 167 Å². The number of benzene rings is 1. The maximum absolute atomic E-state index is 14.0. The Balaban J connectivity index is 2.07. The van der Waals surface area contributed by atoms with Gasteiger partial charge < -0.3 is 4.74 Å². The molecule has 7 nitrogen and oxygen atoms in total. The van der Waals surface area contributed by atoms with E-state index in [4.69, 9.17) is 11.2 Å². The smallest absolute Gasteiger partial charge is 0.352 e. The van der Waals surface area contributed by atoms with Gasteiger partial charge in [-0.3, -0.25) is 9.97 Å². The van der Waals surface area contributed by atoms with Crippen LogP contribution in [0.2, 0.25) is 0 Å². The number of hydrogen-bond donors (Lipinski definition) is 1. The number of rotatable bonds is 4. The van der Waals surface area contributed by atoms with Crippen LogP contribution in [0.15, 0.2) is 35.3 Å². The summed E-state index contributed by atoms with van der Waals surface area (Å²) in [5, 5.41) is 4.23. The number of hydrogen-bond acceptors (Lipinski definition) is 5. The first-order chi connectivity index (χ1) is 14.4. The predicted octanol–water partition coefficient (Wildman–Crippen LogP) is 2.88. The number of H-pyrrole nitrogens is 1. The number of nitrogens with zero attached hydrogens (tertiary/aromatic N) is 4. The Bertz CT molecular complexity index is 1350. The zero-order valence-corrected chi connectivity index (χ0v) is 15.4. The Morgan fingerprint density at radius 2 is 1.93 bits per heavy atom. The molecule has 4 aromatic rings. The van der Waals surface area contributed by atoms with Gasteiger partial charge in [0.05, 0.1) is 5.56 Å². The fourth-order valence-electron chi connectivity index (χ4n) is 2.88. The van der Waals surface area contributed by atoms with Crippen molar-refractivity contribution in [1.29, 1.82) is 0 Å². The molecule has 0 atom stereocenters. The van der Waals surface area contributed by atoms with Crippen LogP contribution in [-0.4, -0.2) is 31.2 Å². The predicted molar refractivity (Wildman–Crippen MR) is 101 cm³/mol. The molecule has 0 amide bonds. The molecule has 0 aliphatic carbocycles. The zero-order chi connectivity index (χ0) is 21.4. The maximum Gasteiger partial charge on any atom is 0.352 e. The Hall–Kier alpha value is -4.13. The van der Waals surface area contributed by atoms with E-state index >= 15 is 0 Å². The monoisotopic (exact) mass is 411 g/mol. The van der Waals surface area contributed by atoms with Crippen LogP contribution in [0.25, 0.3) is 28.0 Å². The van der Waals surface area contributed by atoms with E-state index in [1.54, 1.807) is 19.1 Å². The highest BCUT2D eigenvalue weighted by molar-refractivity contribution is 5.90. The van der Waals surface area contributed by atoms with E-state index in [2.05, 4.69) is 26.0 Å². The molecule has 1 aromatic carbocycles. The SMILES string of the molecule is C#CCOc1nc2c(-c3cc(F)c(F)c(F)c3)c(-c3ccc(C)nc3)nn2c(=O)[nH]1. The third kappa shape index (κ3) is 3.26. The first-order valence-corrected chi connectivity index (χ1v) is 8.56. The summed E-state index contributed by atoms with van der Waals surface area (Å²) in [4.78, 5) is 23.2. The zero-order valence-electron chi connectivity index (χ0n) is 15.4. The number of halogens is 3. The Morgan fingerprint density at radius 1 is 1.20 bits per heavy atom. The second kappa shape index (κ2) is 7.36. The molecule has 1 N–H and O–H groups in total. The Kier molecular flexibility index (Phi) is 4.71. The molecule has 0 unspecified atom stereocenters. The number of terminal acetylenes is 1. The average molecular weight is 411 g/mol. The fraction of sp³-hybridized carbons (Fsp3) is 0.100. The van der Waals surface area contributed by atoms with Gasteiger partial charge in [0.25, 0.3) is 0 Å². The number of fused-ring (bicyclic) bond motifs is 1. The minimum atomic E-state index is -1.61. The average Bonchev–Trinajstić information content (AvgIpc) is 3.10. The minimum Gasteiger partial charge on any atom is -0.451 e. The van der Waals surface area contributed by atoms with E-state index in [9.17, 15) is 18.0 Å². The van der Waals surface area contributed by atoms with Crippen molar-refractivity contribution in [2.75, 3.05) is 6.61 Å². The molecule has 3 aromatic heterocycles. The van der Waals surface area contributed by atoms with Crippen molar-refractivity contribution in [3.05, 3.63) is 64.1 Å². The number of aryl methyl sites for hydroxylation is 1. The van der Waals surface area contributed by atoms with Crippen LogP contribution in [0.1, 0.15) is 5.69 Å². The summed E-state index contributed by atoms with van der Waals surface area (Å²) in [7, 11) is 0. The van der Waals surface area contributed by atoms with Crippen molar-refractivity contribution in [3.63, 3.8) is 0 Å². The van der Waals surface area contributed by atoms with Crippen LogP contribution in [0.3, 0.4) is 0 Å². The third-order valence-electron chi connectivity index (χ3n) is 4.22. The van der Waals surface area contributed by atoms with Gasteiger partial charge in [-0.25, -0.2) is 18.0 Å². The summed E-state index contributed by atoms with van der Waals surface area (Å²) in [5.74, 6) is -2.18. The lowest BCUT2D eigenvalue weighted by Crippen LogP contribution is -2.20. The van der Waals surface area contributed by atoms with Crippen molar-refractivity contribution < 1.29 is 17.9 Å². The molecular weight excluding hydrogens is 399 g/mol. The van der Waals surface area contributed by atoms with Crippen LogP contribution >= 0.6 is 0 Å². The highest BCUT2D eigenvalue weighted by atomic mass is 19.2. The number of pyridine rings is 1. The largest absolute Gasteiger partial charge is 0.451 e. The van der Waals surface area contributed by atoms with Gasteiger partial charge >= 0.3 is 11.7 Å². The highest BCUT2D eigenvalue weighted by Gasteiger charge is 2.23. The van der Waals surface area contributed by atoms with Crippen molar-refractivity contribution in [2.45, 2.75) is 6.92 Å². The van der Waals surface area contributed by atoms with Crippen molar-refractivity contribution >= 4 is 5.65 Å². The van der Waals surface area contributed by atoms with Gasteiger partial charge in [-0.05, 0) is 36.8 Å². The van der Waals surface area contributed by atoms with E-state index in [0.717, 1.165) is 22.3 Å². The van der Waals surface area contributed by atoms with Crippen LogP contribution in [-0.2, 0) is 0 Å². The maximum atomic E-state index is 14.0. The minimum absolute atomic E-state index is 0.0632. The third-order valence-corrected chi connectivity index (χ3v) is 4.22. The standard InChI is InChI=1S/C20H12F3N5O2/c1-3-6-30-19-25-18-15(12-7-13(21)16(23)14(22)8-12)17(27-28(18)20(29)26-19)11-5-4-10(2)24-9-11/h1,4-5,7-9H,6H2,2H3,(H,25,26,29). The fourth-order valence-corrected chi connectivity index (χ4v) is 2.88. The lowest BCUT2D eigenvalue weighted by molar-refractivity contribution is 0.337. The molecule has 0 aliphatic heterocycles. The van der Waals surface area contributed by atoms with Gasteiger partial charge in [0.2, 0.25) is 0 Å². The summed E-state index contributed by atoms with van der Waals surface area (Å²) >= 11 is 0. The number of aromatic amines is 1. The molecule has 0 spiro atoms. The first kappa shape index (κ1) is 19.2. The van der Waals surface area contributed by atoms with Gasteiger partial charge in [-0.1, -0.05) is 5.92 Å². The van der Waals surface area contributed by atoms with Gasteiger partial charge in [-0.15, -0.1) is 6.42 Å². The molecule has 0 bridgehead atoms. The molecule has 150 valence electrons. The molecule has 4 rings (SSSR count). The summed E-state index contributed by atoms with van der Waals surface area (Å²) in [6.45, 7) is 1.61. The van der Waals surface area contributed by atoms with Crippen LogP contribution in [0, 0.1) is 36.7 Å². The van der Waals surface area contributed by atoms with E-state index < -0.39 is 23.1 Å². The number of ether oxygens (including phenoxy) is 1. The molecule has 0 saturated heterocycles. The van der Waals surface area contributed by atoms with Crippen LogP contribution in [0.4, 0.5) is 13.2 Å². The van der Waals surface area contributed by atoms with E-state index in [0.29, 0.717) is 5.56 Å². The van der Waals surface area contributed by atoms with E-state index in [1.807, 2.05) is 0 Å². The van der Waals surface area contributed by atoms with Crippen molar-refractivity contribution in [1.82, 2.24) is 24.6 Å². The van der Waals surface area contributed by atoms with E-state index in [1.165, 1.54) is 6.20 Å². The van der Waals surface area contributed by atoms with Gasteiger partial charge in [0, 0.05) is 17.5 Å². The normalized spacial score (nSPS) is 10.9. The molecular formula is C20H12F3N5O2. The summed E-state index contributed by atoms with van der Waals surface area (Å²) < 4.78 is 47.5. The topological polar surface area (TPSA) is 85.2 Å². The second-order valence-electron chi connectivity index (χ2n) is 6.24.